The molecule has 102 valence electrons. The lowest BCUT2D eigenvalue weighted by Gasteiger charge is -2.31. The molecule has 0 saturated heterocycles. The average Bonchev–Trinajstić information content (AvgIpc) is 2.86. The average molecular weight is 251 g/mol. The van der Waals surface area contributed by atoms with Gasteiger partial charge in [-0.25, -0.2) is 4.68 Å². The largest absolute Gasteiger partial charge is 0.386 e. The van der Waals surface area contributed by atoms with Gasteiger partial charge in [0.25, 0.3) is 0 Å². The second-order valence-electron chi connectivity index (χ2n) is 5.53. The molecule has 0 amide bonds. The first-order valence-electron chi connectivity index (χ1n) is 7.32. The topological polar surface area (TPSA) is 50.9 Å². The lowest BCUT2D eigenvalue weighted by atomic mass is 9.77. The molecule has 18 heavy (non-hydrogen) atoms. The number of aliphatic hydroxyl groups is 1. The molecule has 1 aliphatic rings. The van der Waals surface area contributed by atoms with Crippen LogP contribution in [-0.2, 0) is 6.54 Å². The van der Waals surface area contributed by atoms with E-state index in [-0.39, 0.29) is 6.10 Å². The predicted octanol–water partition coefficient (Wildman–Crippen LogP) is 2.94. The molecule has 3 atom stereocenters. The van der Waals surface area contributed by atoms with Gasteiger partial charge in [-0.3, -0.25) is 0 Å². The first-order chi connectivity index (χ1) is 8.76. The standard InChI is InChI=1S/C14H25N3O/c1-3-8-17-13(10-15-16-17)14(18)12-7-5-6-11(4-2)9-12/h10-12,14,18H,3-9H2,1-2H3. The Labute approximate surface area is 109 Å². The summed E-state index contributed by atoms with van der Waals surface area (Å²) in [6.07, 6.45) is 8.45. The fourth-order valence-corrected chi connectivity index (χ4v) is 3.11. The van der Waals surface area contributed by atoms with E-state index in [9.17, 15) is 5.11 Å². The van der Waals surface area contributed by atoms with E-state index in [2.05, 4.69) is 24.2 Å². The molecule has 1 aliphatic carbocycles. The van der Waals surface area contributed by atoms with Crippen molar-refractivity contribution in [2.24, 2.45) is 11.8 Å². The highest BCUT2D eigenvalue weighted by molar-refractivity contribution is 5.02. The summed E-state index contributed by atoms with van der Waals surface area (Å²) in [5.74, 6) is 1.17. The van der Waals surface area contributed by atoms with E-state index in [1.165, 1.54) is 19.3 Å². The highest BCUT2D eigenvalue weighted by atomic mass is 16.3. The Morgan fingerprint density at radius 1 is 1.44 bits per heavy atom. The third-order valence-corrected chi connectivity index (χ3v) is 4.23. The van der Waals surface area contributed by atoms with Crippen LogP contribution in [-0.4, -0.2) is 20.1 Å². The number of aryl methyl sites for hydroxylation is 1. The third kappa shape index (κ3) is 2.91. The second-order valence-corrected chi connectivity index (χ2v) is 5.53. The Hall–Kier alpha value is -0.900. The van der Waals surface area contributed by atoms with E-state index in [0.29, 0.717) is 5.92 Å². The molecule has 1 N–H and O–H groups in total. The molecule has 1 aromatic rings. The van der Waals surface area contributed by atoms with Crippen molar-refractivity contribution < 1.29 is 5.11 Å². The van der Waals surface area contributed by atoms with Crippen molar-refractivity contribution >= 4 is 0 Å². The molecular formula is C14H25N3O. The molecular weight excluding hydrogens is 226 g/mol. The van der Waals surface area contributed by atoms with E-state index in [1.54, 1.807) is 6.20 Å². The fourth-order valence-electron chi connectivity index (χ4n) is 3.11. The number of aliphatic hydroxyl groups excluding tert-OH is 1. The Kier molecular flexibility index (Phi) is 4.75. The van der Waals surface area contributed by atoms with Gasteiger partial charge in [0.05, 0.1) is 11.9 Å². The summed E-state index contributed by atoms with van der Waals surface area (Å²) in [5, 5.41) is 18.6. The Morgan fingerprint density at radius 2 is 2.28 bits per heavy atom. The van der Waals surface area contributed by atoms with Crippen molar-refractivity contribution in [3.8, 4) is 0 Å². The minimum absolute atomic E-state index is 0.387. The second kappa shape index (κ2) is 6.32. The van der Waals surface area contributed by atoms with Crippen molar-refractivity contribution in [2.75, 3.05) is 0 Å². The van der Waals surface area contributed by atoms with Gasteiger partial charge in [-0.2, -0.15) is 0 Å². The van der Waals surface area contributed by atoms with Crippen LogP contribution in [0.4, 0.5) is 0 Å². The number of nitrogens with zero attached hydrogens (tertiary/aromatic N) is 3. The normalized spacial score (nSPS) is 26.2. The van der Waals surface area contributed by atoms with Crippen LogP contribution >= 0.6 is 0 Å². The van der Waals surface area contributed by atoms with Crippen molar-refractivity contribution in [3.05, 3.63) is 11.9 Å². The lowest BCUT2D eigenvalue weighted by Crippen LogP contribution is -2.23. The number of hydrogen-bond acceptors (Lipinski definition) is 3. The quantitative estimate of drug-likeness (QED) is 0.875. The van der Waals surface area contributed by atoms with Crippen LogP contribution in [0.1, 0.15) is 64.2 Å². The van der Waals surface area contributed by atoms with Gasteiger partial charge in [0.2, 0.25) is 0 Å². The molecule has 1 aromatic heterocycles. The molecule has 3 unspecified atom stereocenters. The van der Waals surface area contributed by atoms with Gasteiger partial charge in [-0.05, 0) is 31.1 Å². The van der Waals surface area contributed by atoms with Gasteiger partial charge >= 0.3 is 0 Å². The molecule has 1 fully saturated rings. The summed E-state index contributed by atoms with van der Waals surface area (Å²) < 4.78 is 1.86. The zero-order chi connectivity index (χ0) is 13.0. The van der Waals surface area contributed by atoms with Crippen molar-refractivity contribution in [1.82, 2.24) is 15.0 Å². The van der Waals surface area contributed by atoms with Crippen molar-refractivity contribution in [1.29, 1.82) is 0 Å². The van der Waals surface area contributed by atoms with Gasteiger partial charge in [0.15, 0.2) is 0 Å². The molecule has 0 spiro atoms. The summed E-state index contributed by atoms with van der Waals surface area (Å²) in [7, 11) is 0. The van der Waals surface area contributed by atoms with Crippen LogP contribution in [0.15, 0.2) is 6.20 Å². The SMILES string of the molecule is CCCn1nncc1C(O)C1CCCC(CC)C1. The van der Waals surface area contributed by atoms with Crippen LogP contribution in [0.5, 0.6) is 0 Å². The number of aromatic nitrogens is 3. The molecule has 0 bridgehead atoms. The molecule has 4 heteroatoms. The highest BCUT2D eigenvalue weighted by Crippen LogP contribution is 2.38. The third-order valence-electron chi connectivity index (χ3n) is 4.23. The van der Waals surface area contributed by atoms with Crippen molar-refractivity contribution in [2.45, 2.75) is 65.0 Å². The predicted molar refractivity (Wildman–Crippen MR) is 71.0 cm³/mol. The maximum absolute atomic E-state index is 10.6. The van der Waals surface area contributed by atoms with Crippen LogP contribution in [0, 0.1) is 11.8 Å². The van der Waals surface area contributed by atoms with E-state index in [1.807, 2.05) is 4.68 Å². The van der Waals surface area contributed by atoms with E-state index < -0.39 is 0 Å². The maximum Gasteiger partial charge on any atom is 0.100 e. The van der Waals surface area contributed by atoms with Crippen LogP contribution in [0.3, 0.4) is 0 Å². The van der Waals surface area contributed by atoms with E-state index in [4.69, 9.17) is 0 Å². The minimum atomic E-state index is -0.388. The number of hydrogen-bond donors (Lipinski definition) is 1. The van der Waals surface area contributed by atoms with E-state index in [0.717, 1.165) is 37.4 Å². The minimum Gasteiger partial charge on any atom is -0.386 e. The van der Waals surface area contributed by atoms with Gasteiger partial charge in [-0.1, -0.05) is 38.3 Å². The zero-order valence-corrected chi connectivity index (χ0v) is 11.5. The fraction of sp³-hybridized carbons (Fsp3) is 0.857. The Balaban J connectivity index is 2.05. The van der Waals surface area contributed by atoms with Gasteiger partial charge in [0.1, 0.15) is 6.10 Å². The first kappa shape index (κ1) is 13.5. The summed E-state index contributed by atoms with van der Waals surface area (Å²) in [6, 6.07) is 0. The first-order valence-corrected chi connectivity index (χ1v) is 7.32. The maximum atomic E-state index is 10.6. The molecule has 0 aromatic carbocycles. The molecule has 0 aliphatic heterocycles. The summed E-state index contributed by atoms with van der Waals surface area (Å²) in [6.45, 7) is 5.21. The van der Waals surface area contributed by atoms with Crippen LogP contribution in [0.2, 0.25) is 0 Å². The molecule has 1 saturated carbocycles. The summed E-state index contributed by atoms with van der Waals surface area (Å²) >= 11 is 0. The van der Waals surface area contributed by atoms with Crippen molar-refractivity contribution in [3.63, 3.8) is 0 Å². The highest BCUT2D eigenvalue weighted by Gasteiger charge is 2.29. The zero-order valence-electron chi connectivity index (χ0n) is 11.5. The Bertz CT molecular complexity index is 364. The van der Waals surface area contributed by atoms with Gasteiger partial charge in [-0.15, -0.1) is 5.10 Å². The monoisotopic (exact) mass is 251 g/mol. The summed E-state index contributed by atoms with van der Waals surface area (Å²) in [4.78, 5) is 0. The summed E-state index contributed by atoms with van der Waals surface area (Å²) in [5.41, 5.74) is 0.901. The van der Waals surface area contributed by atoms with E-state index >= 15 is 0 Å². The van der Waals surface area contributed by atoms with Gasteiger partial charge < -0.3 is 5.11 Å². The molecule has 0 radical (unpaired) electrons. The number of rotatable bonds is 5. The van der Waals surface area contributed by atoms with Crippen LogP contribution in [0.25, 0.3) is 0 Å². The Morgan fingerprint density at radius 3 is 3.00 bits per heavy atom. The molecule has 1 heterocycles. The smallest absolute Gasteiger partial charge is 0.100 e. The lowest BCUT2D eigenvalue weighted by molar-refractivity contribution is 0.0606. The van der Waals surface area contributed by atoms with Gasteiger partial charge in [0, 0.05) is 6.54 Å². The molecule has 2 rings (SSSR count). The van der Waals surface area contributed by atoms with Crippen LogP contribution < -0.4 is 0 Å². The molecule has 4 nitrogen and oxygen atoms in total.